The fourth-order valence-corrected chi connectivity index (χ4v) is 3.44. The van der Waals surface area contributed by atoms with Crippen LogP contribution in [0.3, 0.4) is 0 Å². The van der Waals surface area contributed by atoms with Gasteiger partial charge in [0.15, 0.2) is 0 Å². The number of halogens is 6. The molecule has 10 heteroatoms. The van der Waals surface area contributed by atoms with E-state index >= 15 is 0 Å². The maximum absolute atomic E-state index is 6.21. The molecule has 0 unspecified atom stereocenters. The van der Waals surface area contributed by atoms with Crippen LogP contribution in [0, 0.1) is 0 Å². The van der Waals surface area contributed by atoms with Crippen molar-refractivity contribution in [2.24, 2.45) is 9.98 Å². The quantitative estimate of drug-likeness (QED) is 0.345. The van der Waals surface area contributed by atoms with Crippen molar-refractivity contribution < 1.29 is 41.9 Å². The van der Waals surface area contributed by atoms with Gasteiger partial charge < -0.3 is 24.8 Å². The molecule has 164 valence electrons. The summed E-state index contributed by atoms with van der Waals surface area (Å²) in [6.07, 6.45) is 0. The number of pyridine rings is 1. The van der Waals surface area contributed by atoms with Crippen molar-refractivity contribution in [1.29, 1.82) is 0 Å². The average Bonchev–Trinajstić information content (AvgIpc) is 2.67. The predicted molar refractivity (Wildman–Crippen MR) is 121 cm³/mol. The number of hydrogen-bond donors (Lipinski definition) is 0. The summed E-state index contributed by atoms with van der Waals surface area (Å²) in [4.78, 5) is 13.7. The molecule has 0 aliphatic rings. The Balaban J connectivity index is 0.00000300. The van der Waals surface area contributed by atoms with E-state index in [1.165, 1.54) is 0 Å². The zero-order chi connectivity index (χ0) is 20.3. The summed E-state index contributed by atoms with van der Waals surface area (Å²) in [5.41, 5.74) is 3.77. The minimum atomic E-state index is 0. The zero-order valence-electron chi connectivity index (χ0n) is 16.2. The van der Waals surface area contributed by atoms with Crippen LogP contribution in [-0.2, 0) is 17.1 Å². The first-order chi connectivity index (χ1) is 13.4. The van der Waals surface area contributed by atoms with E-state index in [-0.39, 0.29) is 41.9 Å². The third kappa shape index (κ3) is 7.63. The molecule has 0 fully saturated rings. The molecule has 0 bridgehead atoms. The van der Waals surface area contributed by atoms with Crippen LogP contribution in [0.25, 0.3) is 0 Å². The van der Waals surface area contributed by atoms with E-state index in [2.05, 4.69) is 15.0 Å². The topological polar surface area (TPSA) is 37.6 Å². The zero-order valence-corrected chi connectivity index (χ0v) is 21.8. The Morgan fingerprint density at radius 3 is 1.23 bits per heavy atom. The summed E-state index contributed by atoms with van der Waals surface area (Å²) in [7, 11) is 0. The summed E-state index contributed by atoms with van der Waals surface area (Å²) in [6.45, 7) is 3.70. The van der Waals surface area contributed by atoms with E-state index < -0.39 is 0 Å². The van der Waals surface area contributed by atoms with Crippen LogP contribution in [0.15, 0.2) is 64.6 Å². The van der Waals surface area contributed by atoms with Gasteiger partial charge in [0.2, 0.25) is 0 Å². The molecule has 0 atom stereocenters. The molecule has 31 heavy (non-hydrogen) atoms. The first kappa shape index (κ1) is 30.2. The minimum Gasteiger partial charge on any atom is -1.00 e. The van der Waals surface area contributed by atoms with Gasteiger partial charge in [0.1, 0.15) is 11.4 Å². The molecule has 0 saturated heterocycles. The first-order valence-corrected chi connectivity index (χ1v) is 9.84. The van der Waals surface area contributed by atoms with E-state index in [0.29, 0.717) is 54.3 Å². The van der Waals surface area contributed by atoms with E-state index in [4.69, 9.17) is 46.4 Å². The molecule has 0 aliphatic carbocycles. The number of aromatic nitrogens is 1. The normalized spacial score (nSPS) is 11.2. The van der Waals surface area contributed by atoms with Gasteiger partial charge in [0, 0.05) is 0 Å². The van der Waals surface area contributed by atoms with Crippen LogP contribution in [-0.4, -0.2) is 16.4 Å². The first-order valence-electron chi connectivity index (χ1n) is 8.33. The minimum absolute atomic E-state index is 0. The van der Waals surface area contributed by atoms with Crippen molar-refractivity contribution in [3.63, 3.8) is 0 Å². The van der Waals surface area contributed by atoms with Crippen LogP contribution in [0.4, 0.5) is 11.4 Å². The number of rotatable bonds is 4. The Morgan fingerprint density at radius 2 is 0.903 bits per heavy atom. The fourth-order valence-electron chi connectivity index (χ4n) is 2.48. The molecule has 3 rings (SSSR count). The van der Waals surface area contributed by atoms with Crippen molar-refractivity contribution in [1.82, 2.24) is 4.98 Å². The van der Waals surface area contributed by atoms with Crippen LogP contribution in [0.2, 0.25) is 20.1 Å². The molecule has 0 spiro atoms. The number of benzene rings is 2. The van der Waals surface area contributed by atoms with Gasteiger partial charge in [0.25, 0.3) is 0 Å². The molecule has 0 amide bonds. The van der Waals surface area contributed by atoms with Crippen LogP contribution >= 0.6 is 46.4 Å². The fraction of sp³-hybridized carbons (Fsp3) is 0.0952. The van der Waals surface area contributed by atoms with Gasteiger partial charge in [-0.2, -0.15) is 0 Å². The molecular weight excluding hydrogens is 563 g/mol. The Morgan fingerprint density at radius 1 is 0.613 bits per heavy atom. The number of hydrogen-bond acceptors (Lipinski definition) is 3. The maximum Gasteiger partial charge on any atom is 2.00 e. The van der Waals surface area contributed by atoms with Crippen molar-refractivity contribution in [3.05, 3.63) is 86.1 Å². The Labute approximate surface area is 224 Å². The summed E-state index contributed by atoms with van der Waals surface area (Å²) in [5, 5.41) is 1.92. The Bertz CT molecular complexity index is 979. The van der Waals surface area contributed by atoms with Gasteiger partial charge in [-0.3, -0.25) is 0 Å². The standard InChI is InChI=1S/C21H15Cl4N3.2ClH.Fe/c1-12(26-20-14(22)6-3-7-15(20)23)18-10-5-11-19(28-18)13(2)27-21-16(24)8-4-9-17(21)25;;;/h3-11H,1-2H3;2*1H;/q;;;+2/p-2/b26-12+,27-13+;;;. The van der Waals surface area contributed by atoms with E-state index in [0.717, 1.165) is 0 Å². The van der Waals surface area contributed by atoms with Crippen molar-refractivity contribution in [3.8, 4) is 0 Å². The third-order valence-corrected chi connectivity index (χ3v) is 5.14. The molecule has 0 saturated carbocycles. The van der Waals surface area contributed by atoms with Gasteiger partial charge in [-0.05, 0) is 50.2 Å². The summed E-state index contributed by atoms with van der Waals surface area (Å²) in [5.74, 6) is 0. The number of aliphatic imine (C=N–C) groups is 2. The largest absolute Gasteiger partial charge is 2.00 e. The monoisotopic (exact) mass is 575 g/mol. The third-order valence-electron chi connectivity index (χ3n) is 3.92. The maximum atomic E-state index is 6.21. The van der Waals surface area contributed by atoms with E-state index in [1.807, 2.05) is 32.0 Å². The van der Waals surface area contributed by atoms with Crippen molar-refractivity contribution in [2.45, 2.75) is 13.8 Å². The van der Waals surface area contributed by atoms with Gasteiger partial charge >= 0.3 is 17.1 Å². The number of nitrogens with zero attached hydrogens (tertiary/aromatic N) is 3. The molecular formula is C21H15Cl6FeN3. The Kier molecular flexibility index (Phi) is 13.3. The van der Waals surface area contributed by atoms with E-state index in [9.17, 15) is 0 Å². The van der Waals surface area contributed by atoms with Crippen LogP contribution in [0.5, 0.6) is 0 Å². The number of para-hydroxylation sites is 2. The van der Waals surface area contributed by atoms with Gasteiger partial charge in [-0.1, -0.05) is 64.6 Å². The molecule has 1 heterocycles. The molecule has 0 aliphatic heterocycles. The van der Waals surface area contributed by atoms with Crippen molar-refractivity contribution >= 4 is 69.2 Å². The predicted octanol–water partition coefficient (Wildman–Crippen LogP) is 1.98. The molecule has 3 aromatic rings. The molecule has 0 N–H and O–H groups in total. The van der Waals surface area contributed by atoms with Crippen LogP contribution < -0.4 is 24.8 Å². The Hall–Kier alpha value is -0.811. The van der Waals surface area contributed by atoms with Gasteiger partial charge in [0.05, 0.1) is 42.9 Å². The smallest absolute Gasteiger partial charge is 1.00 e. The molecule has 2 aromatic carbocycles. The van der Waals surface area contributed by atoms with Gasteiger partial charge in [-0.25, -0.2) is 15.0 Å². The summed E-state index contributed by atoms with van der Waals surface area (Å²) in [6, 6.07) is 16.1. The summed E-state index contributed by atoms with van der Waals surface area (Å²) < 4.78 is 0. The molecule has 0 radical (unpaired) electrons. The second-order valence-corrected chi connectivity index (χ2v) is 7.57. The molecule has 3 nitrogen and oxygen atoms in total. The van der Waals surface area contributed by atoms with Crippen LogP contribution in [0.1, 0.15) is 25.2 Å². The molecule has 1 aromatic heterocycles. The summed E-state index contributed by atoms with van der Waals surface area (Å²) >= 11 is 24.8. The SMILES string of the molecule is C/C(=N\c1c(Cl)cccc1Cl)c1cccc(/C(C)=N/c2c(Cl)cccc2Cl)n1.[Cl-].[Cl-].[Fe+2]. The van der Waals surface area contributed by atoms with Crippen molar-refractivity contribution in [2.75, 3.05) is 0 Å². The second-order valence-electron chi connectivity index (χ2n) is 5.94. The second kappa shape index (κ2) is 13.7. The van der Waals surface area contributed by atoms with E-state index in [1.54, 1.807) is 36.4 Å². The van der Waals surface area contributed by atoms with Gasteiger partial charge in [-0.15, -0.1) is 0 Å². The average molecular weight is 578 g/mol.